The first kappa shape index (κ1) is 21.6. The van der Waals surface area contributed by atoms with Gasteiger partial charge in [-0.15, -0.1) is 0 Å². The first-order chi connectivity index (χ1) is 15.5. The lowest BCUT2D eigenvalue weighted by Crippen LogP contribution is -2.51. The summed E-state index contributed by atoms with van der Waals surface area (Å²) in [6.07, 6.45) is 4.65. The highest BCUT2D eigenvalue weighted by Gasteiger charge is 2.46. The molecule has 7 heteroatoms. The molecule has 2 aliphatic rings. The lowest BCUT2D eigenvalue weighted by Gasteiger charge is -2.37. The number of hydrogen-bond donors (Lipinski definition) is 0. The quantitative estimate of drug-likeness (QED) is 0.674. The molecule has 32 heavy (non-hydrogen) atoms. The molecule has 0 aromatic heterocycles. The van der Waals surface area contributed by atoms with Gasteiger partial charge in [-0.2, -0.15) is 5.26 Å². The van der Waals surface area contributed by atoms with Crippen molar-refractivity contribution in [2.45, 2.75) is 50.6 Å². The standard InChI is InChI=1S/C25H25N3O4/c1-32-21-9-5-6-18(14-21)24(30)27(19-7-3-2-4-8-19)22-15-23(29)28(25(22)31)20-12-10-17(16-26)11-13-20/h5-6,9-14,19,22H,2-4,7-8,15H2,1H3. The summed E-state index contributed by atoms with van der Waals surface area (Å²) >= 11 is 0. The zero-order valence-electron chi connectivity index (χ0n) is 18.0. The van der Waals surface area contributed by atoms with E-state index in [2.05, 4.69) is 0 Å². The van der Waals surface area contributed by atoms with Crippen LogP contribution in [0.2, 0.25) is 0 Å². The van der Waals surface area contributed by atoms with E-state index in [-0.39, 0.29) is 24.3 Å². The number of imide groups is 1. The average molecular weight is 431 g/mol. The number of nitrogens with zero attached hydrogens (tertiary/aromatic N) is 3. The number of rotatable bonds is 5. The van der Waals surface area contributed by atoms with Crippen LogP contribution in [-0.4, -0.2) is 41.8 Å². The fourth-order valence-corrected chi connectivity index (χ4v) is 4.62. The van der Waals surface area contributed by atoms with E-state index in [9.17, 15) is 14.4 Å². The molecule has 0 spiro atoms. The number of benzene rings is 2. The monoisotopic (exact) mass is 431 g/mol. The van der Waals surface area contributed by atoms with Gasteiger partial charge < -0.3 is 9.64 Å². The summed E-state index contributed by atoms with van der Waals surface area (Å²) in [7, 11) is 1.54. The molecule has 1 heterocycles. The van der Waals surface area contributed by atoms with Crippen molar-refractivity contribution in [1.29, 1.82) is 5.26 Å². The highest BCUT2D eigenvalue weighted by Crippen LogP contribution is 2.32. The van der Waals surface area contributed by atoms with Crippen molar-refractivity contribution < 1.29 is 19.1 Å². The third-order valence-electron chi connectivity index (χ3n) is 6.23. The highest BCUT2D eigenvalue weighted by atomic mass is 16.5. The molecule has 1 unspecified atom stereocenters. The summed E-state index contributed by atoms with van der Waals surface area (Å²) in [5.41, 5.74) is 1.30. The maximum Gasteiger partial charge on any atom is 0.257 e. The molecule has 4 rings (SSSR count). The van der Waals surface area contributed by atoms with Crippen molar-refractivity contribution in [2.75, 3.05) is 12.0 Å². The topological polar surface area (TPSA) is 90.7 Å². The van der Waals surface area contributed by atoms with E-state index in [4.69, 9.17) is 10.00 Å². The van der Waals surface area contributed by atoms with Gasteiger partial charge in [0.05, 0.1) is 30.9 Å². The molecule has 0 radical (unpaired) electrons. The van der Waals surface area contributed by atoms with E-state index in [1.54, 1.807) is 53.4 Å². The zero-order chi connectivity index (χ0) is 22.7. The number of hydrogen-bond acceptors (Lipinski definition) is 5. The van der Waals surface area contributed by atoms with E-state index in [1.165, 1.54) is 7.11 Å². The van der Waals surface area contributed by atoms with Crippen molar-refractivity contribution in [3.63, 3.8) is 0 Å². The second kappa shape index (κ2) is 9.23. The Bertz CT molecular complexity index is 1070. The smallest absolute Gasteiger partial charge is 0.257 e. The van der Waals surface area contributed by atoms with Crippen LogP contribution in [0.5, 0.6) is 5.75 Å². The van der Waals surface area contributed by atoms with Crippen LogP contribution >= 0.6 is 0 Å². The third-order valence-corrected chi connectivity index (χ3v) is 6.23. The van der Waals surface area contributed by atoms with Gasteiger partial charge in [0, 0.05) is 11.6 Å². The Hall–Kier alpha value is -3.66. The van der Waals surface area contributed by atoms with Crippen LogP contribution in [-0.2, 0) is 9.59 Å². The molecule has 1 aliphatic carbocycles. The van der Waals surface area contributed by atoms with Gasteiger partial charge in [-0.1, -0.05) is 25.3 Å². The van der Waals surface area contributed by atoms with Crippen LogP contribution in [0.3, 0.4) is 0 Å². The number of anilines is 1. The average Bonchev–Trinajstić information content (AvgIpc) is 3.13. The molecule has 1 aliphatic heterocycles. The second-order valence-corrected chi connectivity index (χ2v) is 8.18. The van der Waals surface area contributed by atoms with Crippen molar-refractivity contribution >= 4 is 23.4 Å². The number of carbonyl (C=O) groups excluding carboxylic acids is 3. The van der Waals surface area contributed by atoms with Gasteiger partial charge in [0.2, 0.25) is 5.91 Å². The normalized spacial score (nSPS) is 19.0. The SMILES string of the molecule is COc1cccc(C(=O)N(C2CCCCC2)C2CC(=O)N(c3ccc(C#N)cc3)C2=O)c1. The molecule has 1 atom stereocenters. The van der Waals surface area contributed by atoms with Gasteiger partial charge in [-0.3, -0.25) is 14.4 Å². The summed E-state index contributed by atoms with van der Waals surface area (Å²) in [4.78, 5) is 42.7. The van der Waals surface area contributed by atoms with E-state index < -0.39 is 11.9 Å². The summed E-state index contributed by atoms with van der Waals surface area (Å²) in [6.45, 7) is 0. The van der Waals surface area contributed by atoms with Gasteiger partial charge in [0.1, 0.15) is 11.8 Å². The van der Waals surface area contributed by atoms with Crippen LogP contribution in [0, 0.1) is 11.3 Å². The molecule has 1 saturated heterocycles. The molecule has 2 aromatic rings. The first-order valence-corrected chi connectivity index (χ1v) is 10.9. The lowest BCUT2D eigenvalue weighted by atomic mass is 9.92. The number of nitriles is 1. The Labute approximate surface area is 187 Å². The van der Waals surface area contributed by atoms with E-state index in [0.29, 0.717) is 22.6 Å². The fraction of sp³-hybridized carbons (Fsp3) is 0.360. The molecule has 1 saturated carbocycles. The lowest BCUT2D eigenvalue weighted by molar-refractivity contribution is -0.123. The molecule has 0 bridgehead atoms. The van der Waals surface area contributed by atoms with Gasteiger partial charge in [-0.05, 0) is 55.3 Å². The van der Waals surface area contributed by atoms with Crippen molar-refractivity contribution in [2.24, 2.45) is 0 Å². The maximum atomic E-state index is 13.6. The van der Waals surface area contributed by atoms with Crippen LogP contribution in [0.25, 0.3) is 0 Å². The molecule has 0 N–H and O–H groups in total. The molecule has 3 amide bonds. The number of carbonyl (C=O) groups is 3. The Morgan fingerprint density at radius 3 is 2.47 bits per heavy atom. The molecular weight excluding hydrogens is 406 g/mol. The van der Waals surface area contributed by atoms with Crippen molar-refractivity contribution in [3.8, 4) is 11.8 Å². The highest BCUT2D eigenvalue weighted by molar-refractivity contribution is 6.23. The molecular formula is C25H25N3O4. The summed E-state index contributed by atoms with van der Waals surface area (Å²) in [5.74, 6) is -0.443. The van der Waals surface area contributed by atoms with Gasteiger partial charge >= 0.3 is 0 Å². The minimum Gasteiger partial charge on any atom is -0.497 e. The minimum absolute atomic E-state index is 0.0506. The molecule has 7 nitrogen and oxygen atoms in total. The molecule has 2 aromatic carbocycles. The van der Waals surface area contributed by atoms with E-state index >= 15 is 0 Å². The third kappa shape index (κ3) is 4.09. The summed E-state index contributed by atoms with van der Waals surface area (Å²) in [5, 5.41) is 9.01. The van der Waals surface area contributed by atoms with Crippen LogP contribution in [0.1, 0.15) is 54.4 Å². The van der Waals surface area contributed by atoms with E-state index in [1.807, 2.05) is 6.07 Å². The Kier molecular flexibility index (Phi) is 6.22. The Balaban J connectivity index is 1.67. The zero-order valence-corrected chi connectivity index (χ0v) is 18.0. The summed E-state index contributed by atoms with van der Waals surface area (Å²) < 4.78 is 5.26. The van der Waals surface area contributed by atoms with Crippen molar-refractivity contribution in [3.05, 3.63) is 59.7 Å². The number of methoxy groups -OCH3 is 1. The molecule has 164 valence electrons. The van der Waals surface area contributed by atoms with Gasteiger partial charge in [0.15, 0.2) is 0 Å². The summed E-state index contributed by atoms with van der Waals surface area (Å²) in [6, 6.07) is 14.3. The van der Waals surface area contributed by atoms with E-state index in [0.717, 1.165) is 37.0 Å². The first-order valence-electron chi connectivity index (χ1n) is 10.9. The Morgan fingerprint density at radius 2 is 1.81 bits per heavy atom. The second-order valence-electron chi connectivity index (χ2n) is 8.18. The van der Waals surface area contributed by atoms with Crippen LogP contribution in [0.4, 0.5) is 5.69 Å². The van der Waals surface area contributed by atoms with Crippen molar-refractivity contribution in [1.82, 2.24) is 4.90 Å². The minimum atomic E-state index is -0.847. The predicted octanol–water partition coefficient (Wildman–Crippen LogP) is 3.67. The number of ether oxygens (including phenoxy) is 1. The number of amides is 3. The fourth-order valence-electron chi connectivity index (χ4n) is 4.62. The predicted molar refractivity (Wildman–Crippen MR) is 118 cm³/mol. The van der Waals surface area contributed by atoms with Gasteiger partial charge in [0.25, 0.3) is 11.8 Å². The maximum absolute atomic E-state index is 13.6. The Morgan fingerprint density at radius 1 is 1.09 bits per heavy atom. The van der Waals surface area contributed by atoms with Crippen LogP contribution < -0.4 is 9.64 Å². The largest absolute Gasteiger partial charge is 0.497 e. The van der Waals surface area contributed by atoms with Gasteiger partial charge in [-0.25, -0.2) is 4.90 Å². The molecule has 2 fully saturated rings. The van der Waals surface area contributed by atoms with Crippen LogP contribution in [0.15, 0.2) is 48.5 Å².